The Bertz CT molecular complexity index is 751. The van der Waals surface area contributed by atoms with Gasteiger partial charge in [-0.3, -0.25) is 14.0 Å². The molecule has 2 aromatic heterocycles. The Morgan fingerprint density at radius 3 is 2.91 bits per heavy atom. The lowest BCUT2D eigenvalue weighted by Crippen LogP contribution is -2.17. The summed E-state index contributed by atoms with van der Waals surface area (Å²) in [4.78, 5) is 28.2. The van der Waals surface area contributed by atoms with Crippen molar-refractivity contribution in [3.05, 3.63) is 44.9 Å². The number of hydrogen-bond acceptors (Lipinski definition) is 4. The van der Waals surface area contributed by atoms with Gasteiger partial charge in [-0.25, -0.2) is 4.98 Å². The minimum Gasteiger partial charge on any atom is -0.459 e. The maximum absolute atomic E-state index is 12.0. The van der Waals surface area contributed by atoms with Crippen LogP contribution in [-0.2, 0) is 16.1 Å². The number of hydrogen-bond donors (Lipinski definition) is 0. The van der Waals surface area contributed by atoms with Crippen molar-refractivity contribution in [2.24, 2.45) is 5.92 Å². The van der Waals surface area contributed by atoms with Gasteiger partial charge < -0.3 is 4.74 Å². The summed E-state index contributed by atoms with van der Waals surface area (Å²) < 4.78 is 7.52. The number of carbonyl (C=O) groups is 1. The monoisotopic (exact) mass is 364 g/mol. The van der Waals surface area contributed by atoms with Crippen molar-refractivity contribution < 1.29 is 9.53 Å². The van der Waals surface area contributed by atoms with Crippen LogP contribution in [0.2, 0.25) is 0 Å². The fraction of sp³-hybridized carbons (Fsp3) is 0.438. The molecule has 3 rings (SSSR count). The summed E-state index contributed by atoms with van der Waals surface area (Å²) in [6, 6.07) is 4.97. The molecule has 1 saturated carbocycles. The van der Waals surface area contributed by atoms with Gasteiger partial charge in [-0.2, -0.15) is 0 Å². The molecule has 0 saturated heterocycles. The van der Waals surface area contributed by atoms with Gasteiger partial charge in [0.05, 0.1) is 5.69 Å². The molecule has 2 heterocycles. The second-order valence-corrected chi connectivity index (χ2v) is 6.59. The van der Waals surface area contributed by atoms with E-state index in [2.05, 4.69) is 20.9 Å². The molecule has 1 aliphatic carbocycles. The average Bonchev–Trinajstić information content (AvgIpc) is 2.99. The molecule has 5 nitrogen and oxygen atoms in total. The minimum atomic E-state index is -0.204. The van der Waals surface area contributed by atoms with Gasteiger partial charge in [-0.1, -0.05) is 12.8 Å². The number of aromatic nitrogens is 2. The number of halogens is 1. The fourth-order valence-electron chi connectivity index (χ4n) is 2.86. The summed E-state index contributed by atoms with van der Waals surface area (Å²) in [5.41, 5.74) is 0.831. The molecule has 2 aromatic rings. The maximum Gasteiger partial charge on any atom is 0.306 e. The Kier molecular flexibility index (Phi) is 4.57. The zero-order valence-corrected chi connectivity index (χ0v) is 13.7. The molecule has 0 radical (unpaired) electrons. The van der Waals surface area contributed by atoms with Crippen molar-refractivity contribution in [1.82, 2.24) is 9.38 Å². The Balaban J connectivity index is 1.67. The van der Waals surface area contributed by atoms with E-state index in [1.54, 1.807) is 12.3 Å². The molecule has 0 aromatic carbocycles. The van der Waals surface area contributed by atoms with Gasteiger partial charge >= 0.3 is 5.97 Å². The molecule has 116 valence electrons. The Morgan fingerprint density at radius 1 is 1.36 bits per heavy atom. The van der Waals surface area contributed by atoms with Crippen LogP contribution in [0, 0.1) is 5.92 Å². The summed E-state index contributed by atoms with van der Waals surface area (Å²) in [6.45, 7) is 0.0490. The third-order valence-corrected chi connectivity index (χ3v) is 4.46. The minimum absolute atomic E-state index is 0.0490. The number of nitrogens with zero attached hydrogens (tertiary/aromatic N) is 2. The third kappa shape index (κ3) is 3.55. The highest BCUT2D eigenvalue weighted by molar-refractivity contribution is 9.10. The van der Waals surface area contributed by atoms with Crippen molar-refractivity contribution in [2.45, 2.75) is 38.7 Å². The first kappa shape index (κ1) is 15.2. The number of carbonyl (C=O) groups excluding carboxylic acids is 1. The topological polar surface area (TPSA) is 60.7 Å². The summed E-state index contributed by atoms with van der Waals surface area (Å²) in [6.07, 6.45) is 6.77. The zero-order chi connectivity index (χ0) is 15.5. The quantitative estimate of drug-likeness (QED) is 0.782. The van der Waals surface area contributed by atoms with Crippen molar-refractivity contribution in [1.29, 1.82) is 0 Å². The number of pyridine rings is 1. The van der Waals surface area contributed by atoms with Crippen LogP contribution in [0.25, 0.3) is 5.65 Å². The Labute approximate surface area is 136 Å². The van der Waals surface area contributed by atoms with Gasteiger partial charge in [0.15, 0.2) is 0 Å². The molecule has 0 bridgehead atoms. The third-order valence-electron chi connectivity index (χ3n) is 3.99. The second-order valence-electron chi connectivity index (χ2n) is 5.68. The van der Waals surface area contributed by atoms with Crippen LogP contribution in [0.4, 0.5) is 0 Å². The van der Waals surface area contributed by atoms with E-state index < -0.39 is 0 Å². The number of esters is 1. The molecule has 0 atom stereocenters. The Morgan fingerprint density at radius 2 is 2.14 bits per heavy atom. The normalized spacial score (nSPS) is 15.3. The highest BCUT2D eigenvalue weighted by atomic mass is 79.9. The maximum atomic E-state index is 12.0. The standard InChI is InChI=1S/C16H17BrN2O3/c17-12-5-6-14-18-13(8-15(20)19(14)9-12)10-22-16(21)7-11-3-1-2-4-11/h5-6,8-9,11H,1-4,7,10H2. The van der Waals surface area contributed by atoms with Crippen molar-refractivity contribution in [3.8, 4) is 0 Å². The van der Waals surface area contributed by atoms with E-state index >= 15 is 0 Å². The summed E-state index contributed by atoms with van der Waals surface area (Å²) in [5, 5.41) is 0. The van der Waals surface area contributed by atoms with Crippen molar-refractivity contribution in [2.75, 3.05) is 0 Å². The summed E-state index contributed by atoms with van der Waals surface area (Å²) in [7, 11) is 0. The molecule has 0 aliphatic heterocycles. The van der Waals surface area contributed by atoms with Crippen LogP contribution in [0.3, 0.4) is 0 Å². The van der Waals surface area contributed by atoms with Gasteiger partial charge in [0.25, 0.3) is 5.56 Å². The van der Waals surface area contributed by atoms with E-state index in [0.29, 0.717) is 23.7 Å². The van der Waals surface area contributed by atoms with E-state index in [4.69, 9.17) is 4.74 Å². The van der Waals surface area contributed by atoms with Crippen LogP contribution >= 0.6 is 15.9 Å². The molecule has 1 aliphatic rings. The van der Waals surface area contributed by atoms with Crippen molar-refractivity contribution >= 4 is 27.5 Å². The predicted octanol–water partition coefficient (Wildman–Crippen LogP) is 3.08. The van der Waals surface area contributed by atoms with Crippen LogP contribution in [0.15, 0.2) is 33.7 Å². The average molecular weight is 365 g/mol. The molecule has 0 amide bonds. The number of fused-ring (bicyclic) bond motifs is 1. The molecule has 0 spiro atoms. The highest BCUT2D eigenvalue weighted by Crippen LogP contribution is 2.27. The molecule has 22 heavy (non-hydrogen) atoms. The predicted molar refractivity (Wildman–Crippen MR) is 85.5 cm³/mol. The largest absolute Gasteiger partial charge is 0.459 e. The molecular formula is C16H17BrN2O3. The lowest BCUT2D eigenvalue weighted by molar-refractivity contribution is -0.146. The lowest BCUT2D eigenvalue weighted by atomic mass is 10.0. The zero-order valence-electron chi connectivity index (χ0n) is 12.1. The first-order valence-corrected chi connectivity index (χ1v) is 8.24. The van der Waals surface area contributed by atoms with Crippen LogP contribution in [-0.4, -0.2) is 15.4 Å². The van der Waals surface area contributed by atoms with Gasteiger partial charge in [0.1, 0.15) is 12.3 Å². The number of rotatable bonds is 4. The first-order chi connectivity index (χ1) is 10.6. The Hall–Kier alpha value is -1.69. The van der Waals surface area contributed by atoms with Crippen molar-refractivity contribution in [3.63, 3.8) is 0 Å². The lowest BCUT2D eigenvalue weighted by Gasteiger charge is -2.09. The van der Waals surface area contributed by atoms with E-state index in [0.717, 1.165) is 17.3 Å². The molecule has 6 heteroatoms. The summed E-state index contributed by atoms with van der Waals surface area (Å²) >= 11 is 3.32. The summed E-state index contributed by atoms with van der Waals surface area (Å²) in [5.74, 6) is 0.254. The molecule has 1 fully saturated rings. The highest BCUT2D eigenvalue weighted by Gasteiger charge is 2.19. The van der Waals surface area contributed by atoms with Gasteiger partial charge in [-0.05, 0) is 46.8 Å². The second kappa shape index (κ2) is 6.60. The van der Waals surface area contributed by atoms with Crippen LogP contribution in [0.1, 0.15) is 37.8 Å². The molecule has 0 N–H and O–H groups in total. The van der Waals surface area contributed by atoms with Crippen LogP contribution < -0.4 is 5.56 Å². The molecule has 0 unspecified atom stereocenters. The SMILES string of the molecule is O=C(CC1CCCC1)OCc1cc(=O)n2cc(Br)ccc2n1. The molecular weight excluding hydrogens is 348 g/mol. The number of ether oxygens (including phenoxy) is 1. The van der Waals surface area contributed by atoms with E-state index in [-0.39, 0.29) is 18.1 Å². The van der Waals surface area contributed by atoms with E-state index in [1.807, 2.05) is 6.07 Å². The van der Waals surface area contributed by atoms with E-state index in [1.165, 1.54) is 23.3 Å². The smallest absolute Gasteiger partial charge is 0.306 e. The fourth-order valence-corrected chi connectivity index (χ4v) is 3.20. The van der Waals surface area contributed by atoms with Crippen LogP contribution in [0.5, 0.6) is 0 Å². The van der Waals surface area contributed by atoms with Gasteiger partial charge in [0, 0.05) is 23.2 Å². The van der Waals surface area contributed by atoms with E-state index in [9.17, 15) is 9.59 Å². The van der Waals surface area contributed by atoms with Gasteiger partial charge in [-0.15, -0.1) is 0 Å². The first-order valence-electron chi connectivity index (χ1n) is 7.45. The van der Waals surface area contributed by atoms with Gasteiger partial charge in [0.2, 0.25) is 0 Å².